The number of ketones is 1. The van der Waals surface area contributed by atoms with Crippen molar-refractivity contribution in [3.8, 4) is 0 Å². The van der Waals surface area contributed by atoms with Crippen molar-refractivity contribution in [1.29, 1.82) is 0 Å². The molecule has 2 heteroatoms. The third-order valence-electron chi connectivity index (χ3n) is 3.30. The fourth-order valence-corrected chi connectivity index (χ4v) is 2.35. The average Bonchev–Trinajstić information content (AvgIpc) is 2.24. The fourth-order valence-electron chi connectivity index (χ4n) is 2.35. The van der Waals surface area contributed by atoms with Gasteiger partial charge in [0, 0.05) is 12.3 Å². The van der Waals surface area contributed by atoms with E-state index in [9.17, 15) is 9.90 Å². The maximum atomic E-state index is 11.6. The molecule has 1 aromatic rings. The number of hydrogen-bond donors (Lipinski definition) is 1. The van der Waals surface area contributed by atoms with Crippen molar-refractivity contribution in [2.75, 3.05) is 0 Å². The predicted octanol–water partition coefficient (Wildman–Crippen LogP) is 2.13. The second-order valence-corrected chi connectivity index (χ2v) is 4.37. The van der Waals surface area contributed by atoms with E-state index in [4.69, 9.17) is 0 Å². The van der Waals surface area contributed by atoms with Gasteiger partial charge >= 0.3 is 0 Å². The highest BCUT2D eigenvalue weighted by Gasteiger charge is 2.33. The van der Waals surface area contributed by atoms with Crippen LogP contribution in [0.25, 0.3) is 0 Å². The van der Waals surface area contributed by atoms with Gasteiger partial charge in [0.2, 0.25) is 0 Å². The summed E-state index contributed by atoms with van der Waals surface area (Å²) >= 11 is 0. The van der Waals surface area contributed by atoms with E-state index < -0.39 is 6.10 Å². The van der Waals surface area contributed by atoms with Crippen molar-refractivity contribution < 1.29 is 9.90 Å². The molecule has 0 heterocycles. The summed E-state index contributed by atoms with van der Waals surface area (Å²) in [4.78, 5) is 11.6. The van der Waals surface area contributed by atoms with Crippen LogP contribution in [0.2, 0.25) is 0 Å². The minimum atomic E-state index is -0.459. The van der Waals surface area contributed by atoms with Crippen LogP contribution in [0.5, 0.6) is 0 Å². The van der Waals surface area contributed by atoms with Crippen LogP contribution in [-0.4, -0.2) is 17.0 Å². The lowest BCUT2D eigenvalue weighted by Crippen LogP contribution is -2.32. The monoisotopic (exact) mass is 204 g/mol. The van der Waals surface area contributed by atoms with E-state index in [-0.39, 0.29) is 17.6 Å². The molecule has 1 N–H and O–H groups in total. The number of aliphatic hydroxyl groups excluding tert-OH is 1. The van der Waals surface area contributed by atoms with Crippen molar-refractivity contribution in [1.82, 2.24) is 0 Å². The van der Waals surface area contributed by atoms with Gasteiger partial charge in [0.25, 0.3) is 0 Å². The number of carbonyl (C=O) groups is 1. The van der Waals surface area contributed by atoms with E-state index in [0.717, 1.165) is 5.56 Å². The Hall–Kier alpha value is -1.15. The SMILES string of the molecule is C[C@H]1C(=O)C[C@@H](O)C[C@H]1c1ccccc1. The molecule has 0 saturated heterocycles. The second-order valence-electron chi connectivity index (χ2n) is 4.37. The topological polar surface area (TPSA) is 37.3 Å². The summed E-state index contributed by atoms with van der Waals surface area (Å²) in [6, 6.07) is 10.00. The van der Waals surface area contributed by atoms with Gasteiger partial charge in [-0.2, -0.15) is 0 Å². The van der Waals surface area contributed by atoms with Crippen LogP contribution < -0.4 is 0 Å². The summed E-state index contributed by atoms with van der Waals surface area (Å²) in [7, 11) is 0. The van der Waals surface area contributed by atoms with E-state index in [1.54, 1.807) is 0 Å². The molecule has 0 aliphatic heterocycles. The summed E-state index contributed by atoms with van der Waals surface area (Å²) in [5.41, 5.74) is 1.16. The molecule has 15 heavy (non-hydrogen) atoms. The lowest BCUT2D eigenvalue weighted by molar-refractivity contribution is -0.128. The third-order valence-corrected chi connectivity index (χ3v) is 3.30. The van der Waals surface area contributed by atoms with Gasteiger partial charge in [-0.05, 0) is 17.9 Å². The summed E-state index contributed by atoms with van der Waals surface area (Å²) in [5, 5.41) is 9.61. The Labute approximate surface area is 89.9 Å². The molecule has 1 aliphatic rings. The first kappa shape index (κ1) is 10.4. The highest BCUT2D eigenvalue weighted by Crippen LogP contribution is 2.35. The Kier molecular flexibility index (Phi) is 2.87. The van der Waals surface area contributed by atoms with Gasteiger partial charge in [0.05, 0.1) is 6.10 Å². The van der Waals surface area contributed by atoms with Gasteiger partial charge in [-0.25, -0.2) is 0 Å². The van der Waals surface area contributed by atoms with E-state index >= 15 is 0 Å². The van der Waals surface area contributed by atoms with Crippen LogP contribution in [0, 0.1) is 5.92 Å². The van der Waals surface area contributed by atoms with Crippen LogP contribution in [0.15, 0.2) is 30.3 Å². The smallest absolute Gasteiger partial charge is 0.138 e. The zero-order chi connectivity index (χ0) is 10.8. The Morgan fingerprint density at radius 3 is 2.60 bits per heavy atom. The van der Waals surface area contributed by atoms with Crippen LogP contribution in [0.1, 0.15) is 31.2 Å². The van der Waals surface area contributed by atoms with Gasteiger partial charge in [0.1, 0.15) is 5.78 Å². The molecule has 0 bridgehead atoms. The number of carbonyl (C=O) groups excluding carboxylic acids is 1. The van der Waals surface area contributed by atoms with Crippen molar-refractivity contribution in [3.05, 3.63) is 35.9 Å². The molecule has 1 fully saturated rings. The van der Waals surface area contributed by atoms with Gasteiger partial charge in [-0.3, -0.25) is 4.79 Å². The number of rotatable bonds is 1. The lowest BCUT2D eigenvalue weighted by atomic mass is 9.74. The molecule has 0 amide bonds. The fraction of sp³-hybridized carbons (Fsp3) is 0.462. The zero-order valence-corrected chi connectivity index (χ0v) is 8.89. The summed E-state index contributed by atoms with van der Waals surface area (Å²) < 4.78 is 0. The average molecular weight is 204 g/mol. The lowest BCUT2D eigenvalue weighted by Gasteiger charge is -2.31. The number of Topliss-reactive ketones (excluding diaryl/α,β-unsaturated/α-hetero) is 1. The number of aliphatic hydroxyl groups is 1. The quantitative estimate of drug-likeness (QED) is 0.761. The first-order valence-corrected chi connectivity index (χ1v) is 5.44. The zero-order valence-electron chi connectivity index (χ0n) is 8.89. The highest BCUT2D eigenvalue weighted by atomic mass is 16.3. The van der Waals surface area contributed by atoms with Gasteiger partial charge in [-0.15, -0.1) is 0 Å². The van der Waals surface area contributed by atoms with E-state index in [1.807, 2.05) is 37.3 Å². The predicted molar refractivity (Wildman–Crippen MR) is 58.6 cm³/mol. The molecule has 0 spiro atoms. The van der Waals surface area contributed by atoms with Crippen LogP contribution in [0.3, 0.4) is 0 Å². The first-order valence-electron chi connectivity index (χ1n) is 5.44. The molecule has 80 valence electrons. The van der Waals surface area contributed by atoms with Crippen molar-refractivity contribution in [3.63, 3.8) is 0 Å². The Bertz CT molecular complexity index is 345. The number of benzene rings is 1. The second kappa shape index (κ2) is 4.15. The molecule has 2 nitrogen and oxygen atoms in total. The van der Waals surface area contributed by atoms with Gasteiger partial charge in [-0.1, -0.05) is 37.3 Å². The molecule has 3 atom stereocenters. The van der Waals surface area contributed by atoms with Crippen molar-refractivity contribution >= 4 is 5.78 Å². The molecule has 2 rings (SSSR count). The largest absolute Gasteiger partial charge is 0.393 e. The standard InChI is InChI=1S/C13H16O2/c1-9-12(7-11(14)8-13(9)15)10-5-3-2-4-6-10/h2-6,9,11-12,14H,7-8H2,1H3/t9-,11+,12-/m1/s1. The van der Waals surface area contributed by atoms with Crippen LogP contribution in [-0.2, 0) is 4.79 Å². The third kappa shape index (κ3) is 2.10. The minimum Gasteiger partial charge on any atom is -0.393 e. The molecule has 1 aromatic carbocycles. The summed E-state index contributed by atoms with van der Waals surface area (Å²) in [6.45, 7) is 1.96. The normalized spacial score (nSPS) is 31.6. The molecular weight excluding hydrogens is 188 g/mol. The molecule has 1 saturated carbocycles. The Balaban J connectivity index is 2.24. The molecule has 0 unspecified atom stereocenters. The van der Waals surface area contributed by atoms with E-state index in [0.29, 0.717) is 12.8 Å². The maximum absolute atomic E-state index is 11.6. The van der Waals surface area contributed by atoms with Crippen LogP contribution in [0.4, 0.5) is 0 Å². The number of hydrogen-bond acceptors (Lipinski definition) is 2. The summed E-state index contributed by atoms with van der Waals surface area (Å²) in [5.74, 6) is 0.404. The maximum Gasteiger partial charge on any atom is 0.138 e. The molecular formula is C13H16O2. The van der Waals surface area contributed by atoms with Crippen molar-refractivity contribution in [2.45, 2.75) is 31.8 Å². The van der Waals surface area contributed by atoms with E-state index in [2.05, 4.69) is 0 Å². The minimum absolute atomic E-state index is 0.0378. The van der Waals surface area contributed by atoms with Crippen LogP contribution >= 0.6 is 0 Å². The van der Waals surface area contributed by atoms with E-state index in [1.165, 1.54) is 0 Å². The highest BCUT2D eigenvalue weighted by molar-refractivity contribution is 5.83. The van der Waals surface area contributed by atoms with Crippen molar-refractivity contribution in [2.24, 2.45) is 5.92 Å². The molecule has 0 aromatic heterocycles. The molecule has 0 radical (unpaired) electrons. The Morgan fingerprint density at radius 1 is 1.27 bits per heavy atom. The molecule has 1 aliphatic carbocycles. The Morgan fingerprint density at radius 2 is 1.93 bits per heavy atom. The van der Waals surface area contributed by atoms with Gasteiger partial charge < -0.3 is 5.11 Å². The first-order chi connectivity index (χ1) is 7.18. The van der Waals surface area contributed by atoms with Gasteiger partial charge in [0.15, 0.2) is 0 Å². The summed E-state index contributed by atoms with van der Waals surface area (Å²) in [6.07, 6.45) is 0.570.